The fourth-order valence-electron chi connectivity index (χ4n) is 1.01. The van der Waals surface area contributed by atoms with Crippen LogP contribution in [0.2, 0.25) is 6.82 Å². The molecule has 1 nitrogen and oxygen atoms in total. The molecule has 0 amide bonds. The summed E-state index contributed by atoms with van der Waals surface area (Å²) < 4.78 is 0.968. The predicted molar refractivity (Wildman–Crippen MR) is 51.3 cm³/mol. The molecule has 1 radical (unpaired) electrons. The minimum atomic E-state index is 0.0844. The van der Waals surface area contributed by atoms with Crippen LogP contribution in [0.3, 0.4) is 0 Å². The lowest BCUT2D eigenvalue weighted by atomic mass is 9.71. The van der Waals surface area contributed by atoms with Gasteiger partial charge >= 0.3 is 0 Å². The lowest BCUT2D eigenvalue weighted by Gasteiger charge is -2.05. The van der Waals surface area contributed by atoms with Crippen molar-refractivity contribution in [2.45, 2.75) is 13.4 Å². The molecule has 0 bridgehead atoms. The Morgan fingerprint density at radius 2 is 2.27 bits per heavy atom. The quantitative estimate of drug-likeness (QED) is 0.732. The second kappa shape index (κ2) is 3.93. The van der Waals surface area contributed by atoms with E-state index in [-0.39, 0.29) is 6.61 Å². The molecular weight excluding hydrogens is 203 g/mol. The monoisotopic (exact) mass is 211 g/mol. The van der Waals surface area contributed by atoms with Gasteiger partial charge in [-0.05, 0) is 11.6 Å². The maximum absolute atomic E-state index is 8.98. The fraction of sp³-hybridized carbons (Fsp3) is 0.250. The molecule has 0 saturated heterocycles. The van der Waals surface area contributed by atoms with Crippen molar-refractivity contribution < 1.29 is 5.11 Å². The molecule has 1 rings (SSSR count). The van der Waals surface area contributed by atoms with E-state index in [9.17, 15) is 0 Å². The van der Waals surface area contributed by atoms with E-state index in [1.165, 1.54) is 0 Å². The second-order valence-electron chi connectivity index (χ2n) is 2.25. The topological polar surface area (TPSA) is 20.2 Å². The van der Waals surface area contributed by atoms with Gasteiger partial charge in [-0.3, -0.25) is 0 Å². The maximum atomic E-state index is 8.98. The minimum Gasteiger partial charge on any atom is -0.392 e. The molecule has 0 aromatic heterocycles. The van der Waals surface area contributed by atoms with Crippen LogP contribution in [-0.2, 0) is 6.61 Å². The SMILES string of the molecule is C[B]c1cccc(Br)c1CO. The van der Waals surface area contributed by atoms with Crippen molar-refractivity contribution >= 4 is 28.7 Å². The van der Waals surface area contributed by atoms with Crippen LogP contribution in [0.5, 0.6) is 0 Å². The molecule has 1 N–H and O–H groups in total. The highest BCUT2D eigenvalue weighted by Gasteiger charge is 2.02. The molecular formula is C8H9BBrO. The molecule has 0 heterocycles. The van der Waals surface area contributed by atoms with E-state index in [1.807, 2.05) is 32.3 Å². The summed E-state index contributed by atoms with van der Waals surface area (Å²) in [7, 11) is 1.98. The molecule has 11 heavy (non-hydrogen) atoms. The standard InChI is InChI=1S/C8H9BBrO/c1-9-7-3-2-4-8(10)6(7)5-11/h2-4,11H,5H2,1H3. The summed E-state index contributed by atoms with van der Waals surface area (Å²) in [6.45, 7) is 2.04. The van der Waals surface area contributed by atoms with E-state index in [4.69, 9.17) is 5.11 Å². The predicted octanol–water partition coefficient (Wildman–Crippen LogP) is 1.32. The third-order valence-corrected chi connectivity index (χ3v) is 2.37. The highest BCUT2D eigenvalue weighted by Crippen LogP contribution is 2.13. The molecule has 0 saturated carbocycles. The molecule has 1 aromatic rings. The molecule has 0 aliphatic heterocycles. The smallest absolute Gasteiger partial charge is 0.148 e. The lowest BCUT2D eigenvalue weighted by Crippen LogP contribution is -2.16. The summed E-state index contributed by atoms with van der Waals surface area (Å²) in [5.74, 6) is 0. The summed E-state index contributed by atoms with van der Waals surface area (Å²) in [5.41, 5.74) is 2.04. The average molecular weight is 212 g/mol. The molecule has 1 aromatic carbocycles. The van der Waals surface area contributed by atoms with Gasteiger partial charge in [0.1, 0.15) is 7.28 Å². The molecule has 0 aliphatic rings. The van der Waals surface area contributed by atoms with Crippen LogP contribution >= 0.6 is 15.9 Å². The van der Waals surface area contributed by atoms with Gasteiger partial charge in [-0.25, -0.2) is 0 Å². The van der Waals surface area contributed by atoms with E-state index in [2.05, 4.69) is 15.9 Å². The van der Waals surface area contributed by atoms with Crippen LogP contribution < -0.4 is 5.46 Å². The van der Waals surface area contributed by atoms with Crippen LogP contribution in [0.15, 0.2) is 22.7 Å². The summed E-state index contributed by atoms with van der Waals surface area (Å²) >= 11 is 3.37. The largest absolute Gasteiger partial charge is 0.392 e. The number of aliphatic hydroxyl groups is 1. The molecule has 0 fully saturated rings. The van der Waals surface area contributed by atoms with Crippen LogP contribution in [0.4, 0.5) is 0 Å². The number of hydrogen-bond acceptors (Lipinski definition) is 1. The van der Waals surface area contributed by atoms with Gasteiger partial charge in [0.25, 0.3) is 0 Å². The lowest BCUT2D eigenvalue weighted by molar-refractivity contribution is 0.282. The number of rotatable bonds is 2. The Morgan fingerprint density at radius 1 is 1.55 bits per heavy atom. The molecule has 0 aliphatic carbocycles. The van der Waals surface area contributed by atoms with Crippen molar-refractivity contribution in [3.63, 3.8) is 0 Å². The number of hydrogen-bond donors (Lipinski definition) is 1. The van der Waals surface area contributed by atoms with Crippen LogP contribution in [-0.4, -0.2) is 12.4 Å². The van der Waals surface area contributed by atoms with Crippen molar-refractivity contribution in [1.82, 2.24) is 0 Å². The van der Waals surface area contributed by atoms with Gasteiger partial charge in [-0.1, -0.05) is 40.3 Å². The number of aliphatic hydroxyl groups excluding tert-OH is 1. The van der Waals surface area contributed by atoms with Crippen LogP contribution in [0.25, 0.3) is 0 Å². The Hall–Kier alpha value is -0.275. The first kappa shape index (κ1) is 8.82. The first-order chi connectivity index (χ1) is 5.29. The zero-order valence-electron chi connectivity index (χ0n) is 6.34. The van der Waals surface area contributed by atoms with Gasteiger partial charge in [-0.2, -0.15) is 0 Å². The Morgan fingerprint density at radius 3 is 2.73 bits per heavy atom. The first-order valence-corrected chi connectivity index (χ1v) is 4.26. The van der Waals surface area contributed by atoms with E-state index in [0.29, 0.717) is 0 Å². The zero-order valence-corrected chi connectivity index (χ0v) is 7.93. The molecule has 0 unspecified atom stereocenters. The van der Waals surface area contributed by atoms with Gasteiger partial charge in [0.2, 0.25) is 0 Å². The minimum absolute atomic E-state index is 0.0844. The molecule has 0 atom stereocenters. The molecule has 3 heteroatoms. The van der Waals surface area contributed by atoms with E-state index in [1.54, 1.807) is 0 Å². The van der Waals surface area contributed by atoms with Crippen molar-refractivity contribution in [1.29, 1.82) is 0 Å². The summed E-state index contributed by atoms with van der Waals surface area (Å²) in [6, 6.07) is 5.87. The van der Waals surface area contributed by atoms with E-state index < -0.39 is 0 Å². The normalized spacial score (nSPS) is 9.73. The van der Waals surface area contributed by atoms with E-state index in [0.717, 1.165) is 15.5 Å². The van der Waals surface area contributed by atoms with Gasteiger partial charge in [-0.15, -0.1) is 0 Å². The van der Waals surface area contributed by atoms with Gasteiger partial charge < -0.3 is 5.11 Å². The van der Waals surface area contributed by atoms with Gasteiger partial charge in [0.05, 0.1) is 6.61 Å². The number of halogens is 1. The highest BCUT2D eigenvalue weighted by molar-refractivity contribution is 9.10. The van der Waals surface area contributed by atoms with Crippen LogP contribution in [0.1, 0.15) is 5.56 Å². The molecule has 57 valence electrons. The summed E-state index contributed by atoms with van der Waals surface area (Å²) in [5, 5.41) is 8.98. The average Bonchev–Trinajstić information content (AvgIpc) is 2.04. The van der Waals surface area contributed by atoms with Crippen LogP contribution in [0, 0.1) is 0 Å². The van der Waals surface area contributed by atoms with Gasteiger partial charge in [0, 0.05) is 4.47 Å². The highest BCUT2D eigenvalue weighted by atomic mass is 79.9. The maximum Gasteiger partial charge on any atom is 0.148 e. The zero-order chi connectivity index (χ0) is 8.27. The van der Waals surface area contributed by atoms with Crippen molar-refractivity contribution in [2.75, 3.05) is 0 Å². The summed E-state index contributed by atoms with van der Waals surface area (Å²) in [6.07, 6.45) is 0. The Balaban J connectivity index is 3.13. The first-order valence-electron chi connectivity index (χ1n) is 3.47. The van der Waals surface area contributed by atoms with E-state index >= 15 is 0 Å². The third kappa shape index (κ3) is 1.85. The third-order valence-electron chi connectivity index (χ3n) is 1.62. The van der Waals surface area contributed by atoms with Crippen molar-refractivity contribution in [3.05, 3.63) is 28.2 Å². The Kier molecular flexibility index (Phi) is 3.15. The number of benzene rings is 1. The van der Waals surface area contributed by atoms with Crippen molar-refractivity contribution in [3.8, 4) is 0 Å². The van der Waals surface area contributed by atoms with Crippen molar-refractivity contribution in [2.24, 2.45) is 0 Å². The van der Waals surface area contributed by atoms with Gasteiger partial charge in [0.15, 0.2) is 0 Å². The second-order valence-corrected chi connectivity index (χ2v) is 3.11. The Bertz CT molecular complexity index is 250. The fourth-order valence-corrected chi connectivity index (χ4v) is 1.52. The molecule has 0 spiro atoms. The Labute approximate surface area is 75.8 Å². The summed E-state index contributed by atoms with van der Waals surface area (Å²) in [4.78, 5) is 0.